The second kappa shape index (κ2) is 4.59. The van der Waals surface area contributed by atoms with Crippen molar-refractivity contribution in [2.75, 3.05) is 7.11 Å². The Morgan fingerprint density at radius 1 is 1.47 bits per heavy atom. The van der Waals surface area contributed by atoms with Crippen molar-refractivity contribution in [3.05, 3.63) is 39.4 Å². The Kier molecular flexibility index (Phi) is 3.44. The third kappa shape index (κ3) is 2.56. The Morgan fingerprint density at radius 3 is 2.60 bits per heavy atom. The van der Waals surface area contributed by atoms with E-state index in [1.165, 1.54) is 13.2 Å². The lowest BCUT2D eigenvalue weighted by Gasteiger charge is -2.05. The molecule has 1 aromatic rings. The average molecular weight is 207 g/mol. The maximum atomic E-state index is 10.8. The van der Waals surface area contributed by atoms with Gasteiger partial charge in [0.15, 0.2) is 0 Å². The SMILES string of the molecule is COc1cccc([N+](=O)[O-])c1C=C(C)C. The van der Waals surface area contributed by atoms with Gasteiger partial charge < -0.3 is 4.74 Å². The summed E-state index contributed by atoms with van der Waals surface area (Å²) in [6.07, 6.45) is 1.75. The first-order valence-electron chi connectivity index (χ1n) is 4.52. The van der Waals surface area contributed by atoms with Gasteiger partial charge in [-0.05, 0) is 26.0 Å². The fourth-order valence-corrected chi connectivity index (χ4v) is 1.30. The highest BCUT2D eigenvalue weighted by atomic mass is 16.6. The monoisotopic (exact) mass is 207 g/mol. The van der Waals surface area contributed by atoms with Crippen molar-refractivity contribution in [1.82, 2.24) is 0 Å². The standard InChI is InChI=1S/C11H13NO3/c1-8(2)7-9-10(12(13)14)5-4-6-11(9)15-3/h4-7H,1-3H3. The van der Waals surface area contributed by atoms with Crippen LogP contribution in [0, 0.1) is 10.1 Å². The molecule has 0 N–H and O–H groups in total. The van der Waals surface area contributed by atoms with Crippen LogP contribution in [0.3, 0.4) is 0 Å². The third-order valence-electron chi connectivity index (χ3n) is 1.89. The first kappa shape index (κ1) is 11.2. The molecule has 0 fully saturated rings. The zero-order chi connectivity index (χ0) is 11.4. The van der Waals surface area contributed by atoms with Crippen molar-refractivity contribution in [1.29, 1.82) is 0 Å². The molecule has 80 valence electrons. The molecule has 0 spiro atoms. The first-order valence-corrected chi connectivity index (χ1v) is 4.52. The fourth-order valence-electron chi connectivity index (χ4n) is 1.30. The number of methoxy groups -OCH3 is 1. The summed E-state index contributed by atoms with van der Waals surface area (Å²) in [6, 6.07) is 4.79. The molecule has 0 heterocycles. The van der Waals surface area contributed by atoms with Crippen LogP contribution in [0.25, 0.3) is 6.08 Å². The largest absolute Gasteiger partial charge is 0.496 e. The normalized spacial score (nSPS) is 9.53. The van der Waals surface area contributed by atoms with Crippen molar-refractivity contribution >= 4 is 11.8 Å². The zero-order valence-electron chi connectivity index (χ0n) is 8.98. The molecule has 1 rings (SSSR count). The fraction of sp³-hybridized carbons (Fsp3) is 0.273. The van der Waals surface area contributed by atoms with Crippen LogP contribution in [0.2, 0.25) is 0 Å². The van der Waals surface area contributed by atoms with Crippen LogP contribution in [0.5, 0.6) is 5.75 Å². The second-order valence-corrected chi connectivity index (χ2v) is 3.37. The van der Waals surface area contributed by atoms with Crippen molar-refractivity contribution in [3.8, 4) is 5.75 Å². The van der Waals surface area contributed by atoms with Crippen molar-refractivity contribution in [3.63, 3.8) is 0 Å². The topological polar surface area (TPSA) is 52.4 Å². The quantitative estimate of drug-likeness (QED) is 0.565. The minimum Gasteiger partial charge on any atom is -0.496 e. The van der Waals surface area contributed by atoms with Gasteiger partial charge in [0.1, 0.15) is 5.75 Å². The van der Waals surface area contributed by atoms with Crippen LogP contribution < -0.4 is 4.74 Å². The molecule has 0 radical (unpaired) electrons. The maximum Gasteiger partial charge on any atom is 0.280 e. The summed E-state index contributed by atoms with van der Waals surface area (Å²) in [5.41, 5.74) is 1.57. The van der Waals surface area contributed by atoms with Gasteiger partial charge in [0, 0.05) is 6.07 Å². The van der Waals surface area contributed by atoms with Crippen LogP contribution in [-0.4, -0.2) is 12.0 Å². The molecule has 0 atom stereocenters. The van der Waals surface area contributed by atoms with Gasteiger partial charge in [0.25, 0.3) is 5.69 Å². The molecule has 0 aliphatic carbocycles. The Balaban J connectivity index is 3.40. The lowest BCUT2D eigenvalue weighted by Crippen LogP contribution is -1.95. The number of hydrogen-bond donors (Lipinski definition) is 0. The molecule has 1 aromatic carbocycles. The molecular formula is C11H13NO3. The van der Waals surface area contributed by atoms with E-state index in [9.17, 15) is 10.1 Å². The lowest BCUT2D eigenvalue weighted by molar-refractivity contribution is -0.385. The van der Waals surface area contributed by atoms with Crippen LogP contribution in [0.15, 0.2) is 23.8 Å². The lowest BCUT2D eigenvalue weighted by atomic mass is 10.1. The number of nitro benzene ring substituents is 1. The van der Waals surface area contributed by atoms with Crippen LogP contribution in [-0.2, 0) is 0 Å². The van der Waals surface area contributed by atoms with E-state index in [0.717, 1.165) is 5.57 Å². The van der Waals surface area contributed by atoms with Crippen molar-refractivity contribution in [2.24, 2.45) is 0 Å². The Labute approximate surface area is 88.3 Å². The number of allylic oxidation sites excluding steroid dienone is 1. The smallest absolute Gasteiger partial charge is 0.280 e. The van der Waals surface area contributed by atoms with E-state index in [1.54, 1.807) is 18.2 Å². The number of nitro groups is 1. The van der Waals surface area contributed by atoms with Gasteiger partial charge in [-0.15, -0.1) is 0 Å². The van der Waals surface area contributed by atoms with E-state index in [-0.39, 0.29) is 5.69 Å². The zero-order valence-corrected chi connectivity index (χ0v) is 8.98. The number of rotatable bonds is 3. The predicted molar refractivity (Wildman–Crippen MR) is 59.0 cm³/mol. The number of nitrogens with zero attached hydrogens (tertiary/aromatic N) is 1. The first-order chi connectivity index (χ1) is 7.06. The van der Waals surface area contributed by atoms with E-state index in [1.807, 2.05) is 13.8 Å². The van der Waals surface area contributed by atoms with E-state index in [4.69, 9.17) is 4.74 Å². The predicted octanol–water partition coefficient (Wildman–Crippen LogP) is 3.03. The molecule has 0 amide bonds. The summed E-state index contributed by atoms with van der Waals surface area (Å²) < 4.78 is 5.09. The van der Waals surface area contributed by atoms with Gasteiger partial charge in [-0.2, -0.15) is 0 Å². The summed E-state index contributed by atoms with van der Waals surface area (Å²) >= 11 is 0. The van der Waals surface area contributed by atoms with Gasteiger partial charge in [0.2, 0.25) is 0 Å². The van der Waals surface area contributed by atoms with E-state index in [2.05, 4.69) is 0 Å². The van der Waals surface area contributed by atoms with Crippen molar-refractivity contribution in [2.45, 2.75) is 13.8 Å². The third-order valence-corrected chi connectivity index (χ3v) is 1.89. The maximum absolute atomic E-state index is 10.8. The summed E-state index contributed by atoms with van der Waals surface area (Å²) in [5.74, 6) is 0.519. The average Bonchev–Trinajstić information content (AvgIpc) is 2.16. The summed E-state index contributed by atoms with van der Waals surface area (Å²) in [4.78, 5) is 10.4. The molecule has 0 bridgehead atoms. The number of benzene rings is 1. The Bertz CT molecular complexity index is 406. The summed E-state index contributed by atoms with van der Waals surface area (Å²) in [7, 11) is 1.50. The highest BCUT2D eigenvalue weighted by Crippen LogP contribution is 2.30. The minimum atomic E-state index is -0.405. The molecular weight excluding hydrogens is 194 g/mol. The van der Waals surface area contributed by atoms with E-state index in [0.29, 0.717) is 11.3 Å². The van der Waals surface area contributed by atoms with E-state index >= 15 is 0 Å². The van der Waals surface area contributed by atoms with Crippen LogP contribution in [0.1, 0.15) is 19.4 Å². The summed E-state index contributed by atoms with van der Waals surface area (Å²) in [5, 5.41) is 10.8. The van der Waals surface area contributed by atoms with Crippen LogP contribution in [0.4, 0.5) is 5.69 Å². The molecule has 4 nitrogen and oxygen atoms in total. The van der Waals surface area contributed by atoms with Crippen molar-refractivity contribution < 1.29 is 9.66 Å². The van der Waals surface area contributed by atoms with E-state index < -0.39 is 4.92 Å². The molecule has 0 unspecified atom stereocenters. The van der Waals surface area contributed by atoms with Gasteiger partial charge in [-0.3, -0.25) is 10.1 Å². The molecule has 0 saturated carbocycles. The minimum absolute atomic E-state index is 0.0653. The van der Waals surface area contributed by atoms with Gasteiger partial charge >= 0.3 is 0 Å². The van der Waals surface area contributed by atoms with Gasteiger partial charge in [0.05, 0.1) is 17.6 Å². The van der Waals surface area contributed by atoms with Crippen LogP contribution >= 0.6 is 0 Å². The molecule has 4 heteroatoms. The van der Waals surface area contributed by atoms with Gasteiger partial charge in [-0.1, -0.05) is 11.6 Å². The molecule has 0 aromatic heterocycles. The van der Waals surface area contributed by atoms with Gasteiger partial charge in [-0.25, -0.2) is 0 Å². The Hall–Kier alpha value is -1.84. The highest BCUT2D eigenvalue weighted by molar-refractivity contribution is 5.68. The second-order valence-electron chi connectivity index (χ2n) is 3.37. The number of hydrogen-bond acceptors (Lipinski definition) is 3. The molecule has 0 aliphatic rings. The molecule has 0 saturated heterocycles. The molecule has 15 heavy (non-hydrogen) atoms. The summed E-state index contributed by atoms with van der Waals surface area (Å²) in [6.45, 7) is 3.77. The Morgan fingerprint density at radius 2 is 2.13 bits per heavy atom. The molecule has 0 aliphatic heterocycles. The highest BCUT2D eigenvalue weighted by Gasteiger charge is 2.15. The number of ether oxygens (including phenoxy) is 1.